The summed E-state index contributed by atoms with van der Waals surface area (Å²) in [7, 11) is 0. The number of piperidine rings is 2. The number of carbonyl (C=O) groups excluding carboxylic acids is 1. The van der Waals surface area contributed by atoms with E-state index in [0.29, 0.717) is 23.9 Å². The maximum atomic E-state index is 12.6. The lowest BCUT2D eigenvalue weighted by molar-refractivity contribution is -0.139. The van der Waals surface area contributed by atoms with Crippen LogP contribution in [0.25, 0.3) is 0 Å². The Balaban J connectivity index is 1.56. The molecule has 3 unspecified atom stereocenters. The van der Waals surface area contributed by atoms with Crippen LogP contribution in [-0.4, -0.2) is 60.5 Å². The minimum atomic E-state index is 0.397. The predicted molar refractivity (Wildman–Crippen MR) is 80.6 cm³/mol. The molecule has 0 spiro atoms. The number of nitrogens with one attached hydrogen (secondary N) is 1. The SMILES string of the molecule is CC1CN2CCCCC2CN1C(=O)CC1CCCNC1. The number of carbonyl (C=O) groups is 1. The van der Waals surface area contributed by atoms with Crippen LogP contribution in [0.2, 0.25) is 0 Å². The average molecular weight is 279 g/mol. The van der Waals surface area contributed by atoms with E-state index in [0.717, 1.165) is 32.6 Å². The molecule has 114 valence electrons. The van der Waals surface area contributed by atoms with Gasteiger partial charge in [-0.05, 0) is 58.2 Å². The van der Waals surface area contributed by atoms with E-state index in [-0.39, 0.29) is 0 Å². The largest absolute Gasteiger partial charge is 0.337 e. The fourth-order valence-electron chi connectivity index (χ4n) is 4.16. The quantitative estimate of drug-likeness (QED) is 0.831. The maximum absolute atomic E-state index is 12.6. The van der Waals surface area contributed by atoms with Gasteiger partial charge in [0.05, 0.1) is 0 Å². The van der Waals surface area contributed by atoms with Crippen LogP contribution in [0.4, 0.5) is 0 Å². The molecule has 0 aromatic heterocycles. The molecular formula is C16H29N3O. The molecular weight excluding hydrogens is 250 g/mol. The van der Waals surface area contributed by atoms with Crippen LogP contribution >= 0.6 is 0 Å². The Morgan fingerprint density at radius 3 is 2.90 bits per heavy atom. The van der Waals surface area contributed by atoms with Crippen molar-refractivity contribution in [2.45, 2.75) is 57.5 Å². The molecule has 0 bridgehead atoms. The minimum absolute atomic E-state index is 0.397. The van der Waals surface area contributed by atoms with E-state index in [4.69, 9.17) is 0 Å². The van der Waals surface area contributed by atoms with Gasteiger partial charge in [-0.15, -0.1) is 0 Å². The zero-order valence-corrected chi connectivity index (χ0v) is 12.8. The van der Waals surface area contributed by atoms with E-state index in [1.54, 1.807) is 0 Å². The molecule has 1 N–H and O–H groups in total. The Morgan fingerprint density at radius 1 is 1.20 bits per heavy atom. The van der Waals surface area contributed by atoms with E-state index < -0.39 is 0 Å². The van der Waals surface area contributed by atoms with E-state index in [1.165, 1.54) is 38.6 Å². The van der Waals surface area contributed by atoms with Gasteiger partial charge >= 0.3 is 0 Å². The van der Waals surface area contributed by atoms with Crippen molar-refractivity contribution in [3.8, 4) is 0 Å². The summed E-state index contributed by atoms with van der Waals surface area (Å²) in [4.78, 5) is 17.4. The Bertz CT molecular complexity index is 341. The first kappa shape index (κ1) is 14.3. The smallest absolute Gasteiger partial charge is 0.223 e. The van der Waals surface area contributed by atoms with Crippen LogP contribution in [-0.2, 0) is 4.79 Å². The molecule has 0 radical (unpaired) electrons. The predicted octanol–water partition coefficient (Wildman–Crippen LogP) is 1.46. The summed E-state index contributed by atoms with van der Waals surface area (Å²) in [5, 5.41) is 3.42. The standard InChI is InChI=1S/C16H29N3O/c1-13-11-18-8-3-2-6-15(18)12-19(13)16(20)9-14-5-4-7-17-10-14/h13-15,17H,2-12H2,1H3. The number of nitrogens with zero attached hydrogens (tertiary/aromatic N) is 2. The fourth-order valence-corrected chi connectivity index (χ4v) is 4.16. The third-order valence-corrected chi connectivity index (χ3v) is 5.37. The lowest BCUT2D eigenvalue weighted by atomic mass is 9.93. The lowest BCUT2D eigenvalue weighted by Gasteiger charge is -2.47. The highest BCUT2D eigenvalue weighted by molar-refractivity contribution is 5.77. The summed E-state index contributed by atoms with van der Waals surface area (Å²) in [5.74, 6) is 0.962. The van der Waals surface area contributed by atoms with E-state index >= 15 is 0 Å². The number of hydrogen-bond donors (Lipinski definition) is 1. The Labute approximate surface area is 122 Å². The van der Waals surface area contributed by atoms with Gasteiger partial charge in [-0.1, -0.05) is 6.42 Å². The van der Waals surface area contributed by atoms with Crippen LogP contribution in [0.1, 0.15) is 45.4 Å². The molecule has 0 aromatic rings. The van der Waals surface area contributed by atoms with Gasteiger partial charge in [-0.2, -0.15) is 0 Å². The molecule has 20 heavy (non-hydrogen) atoms. The molecule has 3 aliphatic rings. The van der Waals surface area contributed by atoms with Crippen molar-refractivity contribution in [2.75, 3.05) is 32.7 Å². The third-order valence-electron chi connectivity index (χ3n) is 5.37. The monoisotopic (exact) mass is 279 g/mol. The number of piperazine rings is 1. The second-order valence-electron chi connectivity index (χ2n) is 6.96. The van der Waals surface area contributed by atoms with Gasteiger partial charge in [0.1, 0.15) is 0 Å². The molecule has 0 aromatic carbocycles. The Kier molecular flexibility index (Phi) is 4.61. The first-order valence-corrected chi connectivity index (χ1v) is 8.48. The van der Waals surface area contributed by atoms with Crippen molar-refractivity contribution >= 4 is 5.91 Å². The zero-order chi connectivity index (χ0) is 13.9. The minimum Gasteiger partial charge on any atom is -0.337 e. The van der Waals surface area contributed by atoms with Crippen LogP contribution < -0.4 is 5.32 Å². The van der Waals surface area contributed by atoms with Gasteiger partial charge < -0.3 is 10.2 Å². The Morgan fingerprint density at radius 2 is 2.10 bits per heavy atom. The molecule has 0 aliphatic carbocycles. The van der Waals surface area contributed by atoms with Crippen molar-refractivity contribution in [1.29, 1.82) is 0 Å². The first-order chi connectivity index (χ1) is 9.74. The maximum Gasteiger partial charge on any atom is 0.223 e. The van der Waals surface area contributed by atoms with Crippen molar-refractivity contribution in [1.82, 2.24) is 15.1 Å². The van der Waals surface area contributed by atoms with Crippen molar-refractivity contribution in [3.05, 3.63) is 0 Å². The zero-order valence-electron chi connectivity index (χ0n) is 12.8. The summed E-state index contributed by atoms with van der Waals surface area (Å²) in [6.07, 6.45) is 7.15. The number of rotatable bonds is 2. The van der Waals surface area contributed by atoms with Crippen molar-refractivity contribution in [3.63, 3.8) is 0 Å². The lowest BCUT2D eigenvalue weighted by Crippen LogP contribution is -2.60. The van der Waals surface area contributed by atoms with Gasteiger partial charge in [0.15, 0.2) is 0 Å². The van der Waals surface area contributed by atoms with Gasteiger partial charge in [0.25, 0.3) is 0 Å². The van der Waals surface area contributed by atoms with Crippen molar-refractivity contribution < 1.29 is 4.79 Å². The molecule has 3 heterocycles. The molecule has 0 saturated carbocycles. The molecule has 4 heteroatoms. The summed E-state index contributed by atoms with van der Waals surface area (Å²) < 4.78 is 0. The molecule has 3 rings (SSSR count). The highest BCUT2D eigenvalue weighted by atomic mass is 16.2. The second kappa shape index (κ2) is 6.44. The molecule has 3 fully saturated rings. The number of hydrogen-bond acceptors (Lipinski definition) is 3. The third kappa shape index (κ3) is 3.17. The van der Waals surface area contributed by atoms with Crippen molar-refractivity contribution in [2.24, 2.45) is 5.92 Å². The van der Waals surface area contributed by atoms with Gasteiger partial charge in [0, 0.05) is 31.6 Å². The highest BCUT2D eigenvalue weighted by Crippen LogP contribution is 2.25. The van der Waals surface area contributed by atoms with E-state index in [1.807, 2.05) is 0 Å². The molecule has 3 saturated heterocycles. The molecule has 1 amide bonds. The summed E-state index contributed by atoms with van der Waals surface area (Å²) in [6.45, 7) is 7.68. The van der Waals surface area contributed by atoms with Gasteiger partial charge in [0.2, 0.25) is 5.91 Å². The first-order valence-electron chi connectivity index (χ1n) is 8.48. The molecule has 4 nitrogen and oxygen atoms in total. The Hall–Kier alpha value is -0.610. The second-order valence-corrected chi connectivity index (χ2v) is 6.96. The fraction of sp³-hybridized carbons (Fsp3) is 0.938. The van der Waals surface area contributed by atoms with E-state index in [9.17, 15) is 4.79 Å². The van der Waals surface area contributed by atoms with Crippen LogP contribution in [0.5, 0.6) is 0 Å². The van der Waals surface area contributed by atoms with Crippen LogP contribution in [0, 0.1) is 5.92 Å². The average Bonchev–Trinajstić information content (AvgIpc) is 2.47. The number of amides is 1. The number of fused-ring (bicyclic) bond motifs is 1. The van der Waals surface area contributed by atoms with Crippen LogP contribution in [0.15, 0.2) is 0 Å². The summed E-state index contributed by atoms with van der Waals surface area (Å²) in [5.41, 5.74) is 0. The summed E-state index contributed by atoms with van der Waals surface area (Å²) in [6, 6.07) is 1.03. The van der Waals surface area contributed by atoms with Crippen LogP contribution in [0.3, 0.4) is 0 Å². The molecule has 3 aliphatic heterocycles. The normalized spacial score (nSPS) is 35.6. The van der Waals surface area contributed by atoms with Gasteiger partial charge in [-0.25, -0.2) is 0 Å². The topological polar surface area (TPSA) is 35.6 Å². The van der Waals surface area contributed by atoms with E-state index in [2.05, 4.69) is 22.0 Å². The molecule has 3 atom stereocenters. The summed E-state index contributed by atoms with van der Waals surface area (Å²) >= 11 is 0. The highest BCUT2D eigenvalue weighted by Gasteiger charge is 2.35. The van der Waals surface area contributed by atoms with Gasteiger partial charge in [-0.3, -0.25) is 9.69 Å².